The zero-order chi connectivity index (χ0) is 77.4. The number of carbonyl (C=O) groups excluding carboxylic acids is 4. The second-order valence-corrected chi connectivity index (χ2v) is 29.1. The number of carbonyl (C=O) groups is 4. The fourth-order valence-corrected chi connectivity index (χ4v) is 11.7. The summed E-state index contributed by atoms with van der Waals surface area (Å²) in [4.78, 5) is 73.1. The molecule has 5 unspecified atom stereocenters. The first kappa shape index (κ1) is 100. The third-order valence-electron chi connectivity index (χ3n) is 16.2. The van der Waals surface area contributed by atoms with Crippen LogP contribution in [-0.4, -0.2) is 96.7 Å². The number of unbranched alkanes of at least 4 members (excludes halogenated alkanes) is 20. The van der Waals surface area contributed by atoms with E-state index in [2.05, 4.69) is 180 Å². The summed E-state index contributed by atoms with van der Waals surface area (Å²) in [7, 11) is -10.0. The standard InChI is InChI=1S/C87H142O17P2/c1-5-9-13-17-21-25-29-33-36-39-40-43-45-49-52-56-60-64-68-72-85(90)98-78-83(104-87(92)74-70-66-62-58-54-50-46-42-38-35-31-27-23-19-15-11-7-3)80-102-106(95,96)100-76-81(88)75-99-105(93,94)101-79-82(103-86(91)73-69-65-61-57-53-47-32-28-24-20-16-12-8-4)77-97-84(89)71-67-63-59-55-51-48-44-41-37-34-30-26-22-18-14-10-6-2/h9-11,13-16,20-23,25-28,32-38,40,43,49,52,60,64,81-83,88H,5-8,12,17-19,24,29-31,39,41-42,44-48,50-51,53-59,61-63,65-80H2,1-4H3,(H,93,94)(H,95,96)/b13-9-,14-10-,15-11-,20-16-,25-21-,26-22-,27-23-,32-28-,36-33-,37-34-,38-35-,43-40-,52-49-,64-60-. The molecule has 0 aromatic rings. The van der Waals surface area contributed by atoms with Gasteiger partial charge in [0, 0.05) is 25.7 Å². The molecule has 106 heavy (non-hydrogen) atoms. The molecule has 0 saturated heterocycles. The minimum Gasteiger partial charge on any atom is -0.462 e. The van der Waals surface area contributed by atoms with Gasteiger partial charge in [-0.3, -0.25) is 37.3 Å². The van der Waals surface area contributed by atoms with E-state index in [0.29, 0.717) is 32.1 Å². The van der Waals surface area contributed by atoms with E-state index < -0.39 is 97.5 Å². The van der Waals surface area contributed by atoms with Crippen LogP contribution in [0.25, 0.3) is 0 Å². The Labute approximate surface area is 642 Å². The van der Waals surface area contributed by atoms with Crippen molar-refractivity contribution in [1.29, 1.82) is 0 Å². The summed E-state index contributed by atoms with van der Waals surface area (Å²) in [6.45, 7) is 4.35. The molecule has 0 aromatic carbocycles. The summed E-state index contributed by atoms with van der Waals surface area (Å²) in [6, 6.07) is 0. The largest absolute Gasteiger partial charge is 0.472 e. The highest BCUT2D eigenvalue weighted by Crippen LogP contribution is 2.45. The fraction of sp³-hybridized carbons (Fsp3) is 0.632. The van der Waals surface area contributed by atoms with Crippen LogP contribution in [0.1, 0.15) is 297 Å². The Kier molecular flexibility index (Phi) is 73.5. The molecule has 0 aromatic heterocycles. The van der Waals surface area contributed by atoms with Crippen LogP contribution in [0, 0.1) is 0 Å². The van der Waals surface area contributed by atoms with E-state index in [0.717, 1.165) is 212 Å². The number of allylic oxidation sites excluding steroid dienone is 28. The quantitative estimate of drug-likeness (QED) is 0.0169. The maximum absolute atomic E-state index is 13.1. The van der Waals surface area contributed by atoms with Crippen LogP contribution in [0.4, 0.5) is 0 Å². The van der Waals surface area contributed by atoms with Crippen LogP contribution >= 0.6 is 15.6 Å². The molecule has 3 N–H and O–H groups in total. The van der Waals surface area contributed by atoms with Gasteiger partial charge in [0.2, 0.25) is 0 Å². The molecule has 0 aliphatic carbocycles. The summed E-state index contributed by atoms with van der Waals surface area (Å²) >= 11 is 0. The Hall–Kier alpha value is -5.58. The molecule has 0 heterocycles. The number of aliphatic hydroxyl groups is 1. The van der Waals surface area contributed by atoms with Crippen molar-refractivity contribution in [3.8, 4) is 0 Å². The van der Waals surface area contributed by atoms with Crippen molar-refractivity contribution in [3.05, 3.63) is 170 Å². The van der Waals surface area contributed by atoms with Gasteiger partial charge in [0.15, 0.2) is 12.2 Å². The predicted molar refractivity (Wildman–Crippen MR) is 436 cm³/mol. The molecule has 0 amide bonds. The van der Waals surface area contributed by atoms with Gasteiger partial charge < -0.3 is 33.8 Å². The maximum Gasteiger partial charge on any atom is 0.472 e. The third kappa shape index (κ3) is 76.6. The van der Waals surface area contributed by atoms with Gasteiger partial charge in [-0.25, -0.2) is 9.13 Å². The van der Waals surface area contributed by atoms with Crippen molar-refractivity contribution in [3.63, 3.8) is 0 Å². The number of rotatable bonds is 74. The van der Waals surface area contributed by atoms with Crippen LogP contribution in [0.3, 0.4) is 0 Å². The molecular formula is C87H142O17P2. The molecule has 0 spiro atoms. The molecule has 602 valence electrons. The molecule has 0 fully saturated rings. The van der Waals surface area contributed by atoms with Crippen LogP contribution in [0.5, 0.6) is 0 Å². The van der Waals surface area contributed by atoms with Gasteiger partial charge in [-0.05, 0) is 154 Å². The Morgan fingerprint density at radius 1 is 0.274 bits per heavy atom. The summed E-state index contributed by atoms with van der Waals surface area (Å²) in [5, 5.41) is 10.6. The Morgan fingerprint density at radius 3 is 0.811 bits per heavy atom. The first-order chi connectivity index (χ1) is 51.7. The molecule has 0 saturated carbocycles. The van der Waals surface area contributed by atoms with Gasteiger partial charge in [0.1, 0.15) is 19.3 Å². The minimum atomic E-state index is -5.01. The van der Waals surface area contributed by atoms with Crippen molar-refractivity contribution < 1.29 is 80.2 Å². The number of ether oxygens (including phenoxy) is 4. The molecule has 19 heteroatoms. The van der Waals surface area contributed by atoms with E-state index in [9.17, 15) is 43.2 Å². The maximum atomic E-state index is 13.1. The van der Waals surface area contributed by atoms with Crippen LogP contribution in [0.2, 0.25) is 0 Å². The highest BCUT2D eigenvalue weighted by atomic mass is 31.2. The second-order valence-electron chi connectivity index (χ2n) is 26.2. The van der Waals surface area contributed by atoms with Crippen molar-refractivity contribution in [2.24, 2.45) is 0 Å². The Balaban J connectivity index is 5.45. The summed E-state index contributed by atoms with van der Waals surface area (Å²) in [5.41, 5.74) is 0. The van der Waals surface area contributed by atoms with Gasteiger partial charge in [0.05, 0.1) is 26.4 Å². The number of phosphoric acid groups is 2. The lowest BCUT2D eigenvalue weighted by atomic mass is 10.1. The molecule has 0 aliphatic rings. The average molecular weight is 1520 g/mol. The number of hydrogen-bond donors (Lipinski definition) is 3. The number of phosphoric ester groups is 2. The SMILES string of the molecule is CC/C=C\C/C=C\C/C=C\C/C=C\C/C=C\C/C=C\CCC(=O)OCC(COP(=O)(O)OCC(O)COP(=O)(O)OCC(COC(=O)CCCCCCCCC/C=C\C/C=C\C/C=C\CC)OC(=O)CCCCCCC/C=C\C/C=C\CCC)OC(=O)CCCCCCCCC/C=C\C/C=C\C/C=C\CC. The molecule has 0 radical (unpaired) electrons. The van der Waals surface area contributed by atoms with Crippen LogP contribution in [0.15, 0.2) is 170 Å². The second kappa shape index (κ2) is 77.6. The van der Waals surface area contributed by atoms with Crippen molar-refractivity contribution >= 4 is 39.5 Å². The Bertz CT molecular complexity index is 2680. The van der Waals surface area contributed by atoms with Crippen LogP contribution in [-0.2, 0) is 65.4 Å². The predicted octanol–water partition coefficient (Wildman–Crippen LogP) is 23.8. The minimum absolute atomic E-state index is 0.0281. The summed E-state index contributed by atoms with van der Waals surface area (Å²) in [5.74, 6) is -2.32. The average Bonchev–Trinajstić information content (AvgIpc) is 0.907. The number of hydrogen-bond acceptors (Lipinski definition) is 15. The normalized spacial score (nSPS) is 14.7. The lowest BCUT2D eigenvalue weighted by Gasteiger charge is -2.21. The zero-order valence-electron chi connectivity index (χ0n) is 65.8. The van der Waals surface area contributed by atoms with Gasteiger partial charge in [0.25, 0.3) is 0 Å². The first-order valence-corrected chi connectivity index (χ1v) is 43.4. The molecule has 17 nitrogen and oxygen atoms in total. The topological polar surface area (TPSA) is 237 Å². The highest BCUT2D eigenvalue weighted by molar-refractivity contribution is 7.47. The molecular weight excluding hydrogens is 1380 g/mol. The van der Waals surface area contributed by atoms with E-state index in [1.54, 1.807) is 0 Å². The fourth-order valence-electron chi connectivity index (χ4n) is 10.1. The zero-order valence-corrected chi connectivity index (χ0v) is 67.6. The molecule has 0 rings (SSSR count). The highest BCUT2D eigenvalue weighted by Gasteiger charge is 2.30. The summed E-state index contributed by atoms with van der Waals surface area (Å²) in [6.07, 6.45) is 92.0. The Morgan fingerprint density at radius 2 is 0.509 bits per heavy atom. The van der Waals surface area contributed by atoms with E-state index in [-0.39, 0.29) is 25.7 Å². The first-order valence-electron chi connectivity index (χ1n) is 40.4. The van der Waals surface area contributed by atoms with E-state index in [1.807, 2.05) is 18.2 Å². The van der Waals surface area contributed by atoms with E-state index in [1.165, 1.54) is 0 Å². The van der Waals surface area contributed by atoms with Gasteiger partial charge in [-0.2, -0.15) is 0 Å². The smallest absolute Gasteiger partial charge is 0.462 e. The lowest BCUT2D eigenvalue weighted by Crippen LogP contribution is -2.30. The molecule has 0 aliphatic heterocycles. The van der Waals surface area contributed by atoms with Crippen molar-refractivity contribution in [2.75, 3.05) is 39.6 Å². The van der Waals surface area contributed by atoms with Crippen molar-refractivity contribution in [1.82, 2.24) is 0 Å². The number of aliphatic hydroxyl groups excluding tert-OH is 1. The van der Waals surface area contributed by atoms with Gasteiger partial charge >= 0.3 is 39.5 Å². The molecule has 0 bridgehead atoms. The van der Waals surface area contributed by atoms with Crippen molar-refractivity contribution in [2.45, 2.75) is 316 Å². The lowest BCUT2D eigenvalue weighted by molar-refractivity contribution is -0.161. The monoisotopic (exact) mass is 1520 g/mol. The van der Waals surface area contributed by atoms with Crippen LogP contribution < -0.4 is 0 Å². The van der Waals surface area contributed by atoms with Gasteiger partial charge in [-0.1, -0.05) is 288 Å². The van der Waals surface area contributed by atoms with Gasteiger partial charge in [-0.15, -0.1) is 0 Å². The summed E-state index contributed by atoms with van der Waals surface area (Å²) < 4.78 is 68.6. The molecule has 5 atom stereocenters. The number of esters is 4. The van der Waals surface area contributed by atoms with E-state index in [4.69, 9.17) is 37.0 Å². The third-order valence-corrected chi connectivity index (χ3v) is 18.1. The van der Waals surface area contributed by atoms with E-state index >= 15 is 0 Å².